The maximum absolute atomic E-state index is 11.4. The van der Waals surface area contributed by atoms with Gasteiger partial charge >= 0.3 is 17.9 Å². The summed E-state index contributed by atoms with van der Waals surface area (Å²) in [5.74, 6) is -3.23. The quantitative estimate of drug-likeness (QED) is 0.379. The summed E-state index contributed by atoms with van der Waals surface area (Å²) in [6, 6.07) is 0. The summed E-state index contributed by atoms with van der Waals surface area (Å²) in [5.41, 5.74) is 0.356. The van der Waals surface area contributed by atoms with Crippen LogP contribution in [0.15, 0.2) is 11.6 Å². The van der Waals surface area contributed by atoms with Crippen molar-refractivity contribution in [2.45, 2.75) is 6.42 Å². The van der Waals surface area contributed by atoms with Crippen LogP contribution < -0.4 is 0 Å². The van der Waals surface area contributed by atoms with Crippen molar-refractivity contribution in [3.8, 4) is 0 Å². The SMILES string of the molecule is COC(=O)C(C(=O)OC)C1=CC(=O)OCC1. The van der Waals surface area contributed by atoms with Gasteiger partial charge in [0.25, 0.3) is 0 Å². The minimum atomic E-state index is -1.18. The summed E-state index contributed by atoms with van der Waals surface area (Å²) in [6.07, 6.45) is 1.45. The van der Waals surface area contributed by atoms with Gasteiger partial charge < -0.3 is 14.2 Å². The van der Waals surface area contributed by atoms with E-state index in [2.05, 4.69) is 14.2 Å². The van der Waals surface area contributed by atoms with E-state index in [1.165, 1.54) is 14.2 Å². The van der Waals surface area contributed by atoms with E-state index in [4.69, 9.17) is 0 Å². The van der Waals surface area contributed by atoms with Gasteiger partial charge in [-0.3, -0.25) is 9.59 Å². The molecule has 0 saturated heterocycles. The van der Waals surface area contributed by atoms with E-state index in [0.717, 1.165) is 6.08 Å². The summed E-state index contributed by atoms with van der Waals surface area (Å²) < 4.78 is 13.6. The lowest BCUT2D eigenvalue weighted by Crippen LogP contribution is -2.30. The van der Waals surface area contributed by atoms with Crippen molar-refractivity contribution in [3.63, 3.8) is 0 Å². The van der Waals surface area contributed by atoms with Gasteiger partial charge in [0.15, 0.2) is 5.92 Å². The van der Waals surface area contributed by atoms with Crippen molar-refractivity contribution in [1.29, 1.82) is 0 Å². The molecule has 0 aromatic rings. The van der Waals surface area contributed by atoms with Crippen molar-refractivity contribution >= 4 is 17.9 Å². The lowest BCUT2D eigenvalue weighted by molar-refractivity contribution is -0.156. The third kappa shape index (κ3) is 2.59. The zero-order chi connectivity index (χ0) is 12.1. The van der Waals surface area contributed by atoms with Gasteiger partial charge in [-0.25, -0.2) is 4.79 Å². The van der Waals surface area contributed by atoms with Gasteiger partial charge in [-0.2, -0.15) is 0 Å². The largest absolute Gasteiger partial charge is 0.468 e. The topological polar surface area (TPSA) is 78.9 Å². The molecule has 16 heavy (non-hydrogen) atoms. The summed E-state index contributed by atoms with van der Waals surface area (Å²) in [6.45, 7) is 0.148. The van der Waals surface area contributed by atoms with Crippen LogP contribution in [0.5, 0.6) is 0 Å². The molecule has 0 bridgehead atoms. The zero-order valence-electron chi connectivity index (χ0n) is 9.02. The Morgan fingerprint density at radius 3 is 2.31 bits per heavy atom. The second-order valence-electron chi connectivity index (χ2n) is 3.12. The van der Waals surface area contributed by atoms with E-state index in [1.807, 2.05) is 0 Å². The van der Waals surface area contributed by atoms with Crippen molar-refractivity contribution in [1.82, 2.24) is 0 Å². The Kier molecular flexibility index (Phi) is 4.04. The number of rotatable bonds is 3. The highest BCUT2D eigenvalue weighted by Gasteiger charge is 2.34. The van der Waals surface area contributed by atoms with Crippen LogP contribution in [0.2, 0.25) is 0 Å². The predicted molar refractivity (Wildman–Crippen MR) is 51.2 cm³/mol. The number of cyclic esters (lactones) is 1. The fourth-order valence-electron chi connectivity index (χ4n) is 1.40. The standard InChI is InChI=1S/C10H12O6/c1-14-9(12)8(10(13)15-2)6-3-4-16-7(11)5-6/h5,8H,3-4H2,1-2H3. The third-order valence-corrected chi connectivity index (χ3v) is 2.18. The van der Waals surface area contributed by atoms with Gasteiger partial charge in [0.2, 0.25) is 0 Å². The molecule has 0 unspecified atom stereocenters. The van der Waals surface area contributed by atoms with E-state index in [-0.39, 0.29) is 6.61 Å². The fraction of sp³-hybridized carbons (Fsp3) is 0.500. The van der Waals surface area contributed by atoms with Gasteiger partial charge in [0, 0.05) is 12.5 Å². The minimum absolute atomic E-state index is 0.148. The van der Waals surface area contributed by atoms with E-state index < -0.39 is 23.8 Å². The van der Waals surface area contributed by atoms with E-state index in [9.17, 15) is 14.4 Å². The van der Waals surface area contributed by atoms with Crippen LogP contribution in [0.4, 0.5) is 0 Å². The third-order valence-electron chi connectivity index (χ3n) is 2.18. The highest BCUT2D eigenvalue weighted by molar-refractivity contribution is 5.99. The van der Waals surface area contributed by atoms with E-state index >= 15 is 0 Å². The molecule has 0 aromatic heterocycles. The summed E-state index contributed by atoms with van der Waals surface area (Å²) in [4.78, 5) is 33.8. The number of methoxy groups -OCH3 is 2. The highest BCUT2D eigenvalue weighted by Crippen LogP contribution is 2.21. The predicted octanol–water partition coefficient (Wildman–Crippen LogP) is -0.178. The first kappa shape index (κ1) is 12.2. The van der Waals surface area contributed by atoms with Crippen LogP contribution in [0.25, 0.3) is 0 Å². The lowest BCUT2D eigenvalue weighted by atomic mass is 9.95. The Morgan fingerprint density at radius 1 is 1.31 bits per heavy atom. The molecule has 6 heteroatoms. The summed E-state index contributed by atoms with van der Waals surface area (Å²) >= 11 is 0. The smallest absolute Gasteiger partial charge is 0.330 e. The highest BCUT2D eigenvalue weighted by atomic mass is 16.5. The average molecular weight is 228 g/mol. The van der Waals surface area contributed by atoms with Crippen LogP contribution >= 0.6 is 0 Å². The molecule has 0 N–H and O–H groups in total. The molecule has 0 aliphatic carbocycles. The summed E-state index contributed by atoms with van der Waals surface area (Å²) in [5, 5.41) is 0. The molecule has 1 rings (SSSR count). The van der Waals surface area contributed by atoms with Crippen molar-refractivity contribution in [2.24, 2.45) is 5.92 Å². The molecule has 0 atom stereocenters. The molecular weight excluding hydrogens is 216 g/mol. The van der Waals surface area contributed by atoms with Gasteiger partial charge in [0.05, 0.1) is 20.8 Å². The number of hydrogen-bond acceptors (Lipinski definition) is 6. The van der Waals surface area contributed by atoms with Gasteiger partial charge in [-0.05, 0) is 5.57 Å². The Morgan fingerprint density at radius 2 is 1.88 bits per heavy atom. The molecule has 1 heterocycles. The molecule has 0 saturated carbocycles. The van der Waals surface area contributed by atoms with Crippen LogP contribution in [0, 0.1) is 5.92 Å². The maximum atomic E-state index is 11.4. The first-order chi connectivity index (χ1) is 7.60. The molecule has 0 aromatic carbocycles. The monoisotopic (exact) mass is 228 g/mol. The second-order valence-corrected chi connectivity index (χ2v) is 3.12. The van der Waals surface area contributed by atoms with Gasteiger partial charge in [-0.15, -0.1) is 0 Å². The number of carbonyl (C=O) groups excluding carboxylic acids is 3. The number of carbonyl (C=O) groups is 3. The number of hydrogen-bond donors (Lipinski definition) is 0. The van der Waals surface area contributed by atoms with Crippen LogP contribution in [0.1, 0.15) is 6.42 Å². The van der Waals surface area contributed by atoms with Crippen LogP contribution in [0.3, 0.4) is 0 Å². The number of esters is 3. The Balaban J connectivity index is 2.96. The van der Waals surface area contributed by atoms with E-state index in [0.29, 0.717) is 12.0 Å². The molecular formula is C10H12O6. The first-order valence-corrected chi connectivity index (χ1v) is 4.63. The molecule has 1 aliphatic heterocycles. The van der Waals surface area contributed by atoms with Crippen molar-refractivity contribution in [3.05, 3.63) is 11.6 Å². The molecule has 6 nitrogen and oxygen atoms in total. The molecule has 0 spiro atoms. The molecule has 88 valence electrons. The first-order valence-electron chi connectivity index (χ1n) is 4.63. The summed E-state index contributed by atoms with van der Waals surface area (Å²) in [7, 11) is 2.33. The molecule has 0 radical (unpaired) electrons. The van der Waals surface area contributed by atoms with Gasteiger partial charge in [0.1, 0.15) is 0 Å². The molecule has 0 amide bonds. The maximum Gasteiger partial charge on any atom is 0.330 e. The normalized spacial score (nSPS) is 15.2. The van der Waals surface area contributed by atoms with Gasteiger partial charge in [-0.1, -0.05) is 0 Å². The van der Waals surface area contributed by atoms with Crippen molar-refractivity contribution in [2.75, 3.05) is 20.8 Å². The van der Waals surface area contributed by atoms with Crippen LogP contribution in [-0.4, -0.2) is 38.7 Å². The average Bonchev–Trinajstić information content (AvgIpc) is 2.29. The minimum Gasteiger partial charge on any atom is -0.468 e. The number of ether oxygens (including phenoxy) is 3. The fourth-order valence-corrected chi connectivity index (χ4v) is 1.40. The van der Waals surface area contributed by atoms with Crippen LogP contribution in [-0.2, 0) is 28.6 Å². The Hall–Kier alpha value is -1.85. The lowest BCUT2D eigenvalue weighted by Gasteiger charge is -2.18. The Labute approximate surface area is 92.2 Å². The molecule has 1 aliphatic rings. The molecule has 0 fully saturated rings. The van der Waals surface area contributed by atoms with Crippen molar-refractivity contribution < 1.29 is 28.6 Å². The Bertz CT molecular complexity index is 327. The van der Waals surface area contributed by atoms with E-state index in [1.54, 1.807) is 0 Å². The second kappa shape index (κ2) is 5.29. The zero-order valence-corrected chi connectivity index (χ0v) is 9.02.